The highest BCUT2D eigenvalue weighted by Crippen LogP contribution is 2.12. The molecule has 17 heavy (non-hydrogen) atoms. The van der Waals surface area contributed by atoms with Crippen molar-refractivity contribution < 1.29 is 9.53 Å². The fourth-order valence-electron chi connectivity index (χ4n) is 1.32. The Balaban J connectivity index is 2.30. The van der Waals surface area contributed by atoms with E-state index < -0.39 is 0 Å². The summed E-state index contributed by atoms with van der Waals surface area (Å²) in [7, 11) is 0. The molecule has 1 unspecified atom stereocenters. The van der Waals surface area contributed by atoms with Gasteiger partial charge in [-0.15, -0.1) is 0 Å². The number of benzene rings is 1. The van der Waals surface area contributed by atoms with E-state index in [4.69, 9.17) is 10.5 Å². The average molecular weight is 254 g/mol. The summed E-state index contributed by atoms with van der Waals surface area (Å²) in [6.07, 6.45) is 2.01. The maximum atomic E-state index is 11.5. The minimum Gasteiger partial charge on any atom is -0.484 e. The van der Waals surface area contributed by atoms with Crippen LogP contribution in [0.1, 0.15) is 6.92 Å². The van der Waals surface area contributed by atoms with Gasteiger partial charge in [-0.25, -0.2) is 0 Å². The van der Waals surface area contributed by atoms with Crippen LogP contribution in [0.15, 0.2) is 24.3 Å². The van der Waals surface area contributed by atoms with Gasteiger partial charge in [-0.1, -0.05) is 0 Å². The van der Waals surface area contributed by atoms with Crippen LogP contribution in [0.5, 0.6) is 5.75 Å². The smallest absolute Gasteiger partial charge is 0.258 e. The predicted octanol–water partition coefficient (Wildman–Crippen LogP) is 1.52. The van der Waals surface area contributed by atoms with Crippen LogP contribution in [-0.2, 0) is 4.79 Å². The van der Waals surface area contributed by atoms with E-state index >= 15 is 0 Å². The number of carbonyl (C=O) groups is 1. The third-order valence-corrected chi connectivity index (χ3v) is 2.91. The van der Waals surface area contributed by atoms with Gasteiger partial charge < -0.3 is 15.8 Å². The molecule has 1 atom stereocenters. The Morgan fingerprint density at radius 3 is 2.71 bits per heavy atom. The van der Waals surface area contributed by atoms with Crippen molar-refractivity contribution in [3.05, 3.63) is 24.3 Å². The molecule has 0 aliphatic rings. The molecule has 3 N–H and O–H groups in total. The summed E-state index contributed by atoms with van der Waals surface area (Å²) in [5, 5.41) is 2.85. The number of hydrogen-bond donors (Lipinski definition) is 2. The molecule has 0 radical (unpaired) electrons. The lowest BCUT2D eigenvalue weighted by atomic mass is 10.3. The summed E-state index contributed by atoms with van der Waals surface area (Å²) >= 11 is 1.70. The second-order valence-electron chi connectivity index (χ2n) is 3.78. The second-order valence-corrected chi connectivity index (χ2v) is 4.69. The number of carbonyl (C=O) groups excluding carboxylic acids is 1. The van der Waals surface area contributed by atoms with Crippen LogP contribution >= 0.6 is 11.8 Å². The zero-order valence-corrected chi connectivity index (χ0v) is 10.9. The van der Waals surface area contributed by atoms with Crippen molar-refractivity contribution in [1.29, 1.82) is 0 Å². The highest BCUT2D eigenvalue weighted by atomic mass is 32.2. The molecule has 1 amide bonds. The maximum absolute atomic E-state index is 11.5. The first-order valence-corrected chi connectivity index (χ1v) is 6.78. The molecule has 0 saturated carbocycles. The predicted molar refractivity (Wildman–Crippen MR) is 72.3 cm³/mol. The number of nitrogen functional groups attached to an aromatic ring is 1. The van der Waals surface area contributed by atoms with Crippen molar-refractivity contribution in [2.75, 3.05) is 24.3 Å². The third kappa shape index (κ3) is 5.49. The number of nitrogens with two attached hydrogens (primary N) is 1. The molecule has 0 aliphatic carbocycles. The van der Waals surface area contributed by atoms with Crippen LogP contribution in [0, 0.1) is 0 Å². The molecule has 5 heteroatoms. The van der Waals surface area contributed by atoms with E-state index in [1.165, 1.54) is 0 Å². The van der Waals surface area contributed by atoms with Gasteiger partial charge in [0.2, 0.25) is 0 Å². The van der Waals surface area contributed by atoms with E-state index in [0.29, 0.717) is 11.4 Å². The lowest BCUT2D eigenvalue weighted by molar-refractivity contribution is -0.123. The summed E-state index contributed by atoms with van der Waals surface area (Å²) in [6.45, 7) is 2.00. The molecular weight excluding hydrogens is 236 g/mol. The van der Waals surface area contributed by atoms with E-state index in [9.17, 15) is 4.79 Å². The average Bonchev–Trinajstić information content (AvgIpc) is 2.28. The zero-order chi connectivity index (χ0) is 12.7. The van der Waals surface area contributed by atoms with Gasteiger partial charge in [-0.3, -0.25) is 4.79 Å². The van der Waals surface area contributed by atoms with E-state index in [2.05, 4.69) is 5.32 Å². The van der Waals surface area contributed by atoms with Gasteiger partial charge >= 0.3 is 0 Å². The largest absolute Gasteiger partial charge is 0.484 e. The topological polar surface area (TPSA) is 64.3 Å². The van der Waals surface area contributed by atoms with Crippen molar-refractivity contribution in [2.45, 2.75) is 13.0 Å². The van der Waals surface area contributed by atoms with Gasteiger partial charge in [-0.2, -0.15) is 11.8 Å². The number of nitrogens with one attached hydrogen (secondary N) is 1. The highest BCUT2D eigenvalue weighted by Gasteiger charge is 2.07. The molecule has 4 nitrogen and oxygen atoms in total. The van der Waals surface area contributed by atoms with Crippen LogP contribution < -0.4 is 15.8 Å². The highest BCUT2D eigenvalue weighted by molar-refractivity contribution is 7.98. The quantitative estimate of drug-likeness (QED) is 0.755. The SMILES string of the molecule is CSCC(C)NC(=O)COc1ccc(N)cc1. The molecule has 0 spiro atoms. The molecule has 1 aromatic rings. The lowest BCUT2D eigenvalue weighted by Crippen LogP contribution is -2.37. The number of ether oxygens (including phenoxy) is 1. The zero-order valence-electron chi connectivity index (χ0n) is 10.1. The van der Waals surface area contributed by atoms with Crippen molar-refractivity contribution in [3.63, 3.8) is 0 Å². The number of rotatable bonds is 6. The van der Waals surface area contributed by atoms with E-state index in [-0.39, 0.29) is 18.6 Å². The van der Waals surface area contributed by atoms with Crippen molar-refractivity contribution in [3.8, 4) is 5.75 Å². The van der Waals surface area contributed by atoms with Gasteiger partial charge in [-0.05, 0) is 37.4 Å². The monoisotopic (exact) mass is 254 g/mol. The Morgan fingerprint density at radius 2 is 2.12 bits per heavy atom. The van der Waals surface area contributed by atoms with E-state index in [0.717, 1.165) is 5.75 Å². The standard InChI is InChI=1S/C12H18N2O2S/c1-9(8-17-2)14-12(15)7-16-11-5-3-10(13)4-6-11/h3-6,9H,7-8,13H2,1-2H3,(H,14,15). The summed E-state index contributed by atoms with van der Waals surface area (Å²) in [5.74, 6) is 1.43. The summed E-state index contributed by atoms with van der Waals surface area (Å²) in [5.41, 5.74) is 6.22. The van der Waals surface area contributed by atoms with Crippen molar-refractivity contribution in [2.24, 2.45) is 0 Å². The Bertz CT molecular complexity index is 354. The van der Waals surface area contributed by atoms with Gasteiger partial charge in [0.1, 0.15) is 5.75 Å². The number of hydrogen-bond acceptors (Lipinski definition) is 4. The summed E-state index contributed by atoms with van der Waals surface area (Å²) < 4.78 is 5.33. The van der Waals surface area contributed by atoms with E-state index in [1.54, 1.807) is 36.0 Å². The first-order chi connectivity index (χ1) is 8.11. The molecule has 1 rings (SSSR count). The molecule has 0 aliphatic heterocycles. The molecule has 0 heterocycles. The minimum atomic E-state index is -0.108. The van der Waals surface area contributed by atoms with Gasteiger partial charge in [0, 0.05) is 17.5 Å². The molecule has 1 aromatic carbocycles. The molecular formula is C12H18N2O2S. The Labute approximate surface area is 106 Å². The summed E-state index contributed by atoms with van der Waals surface area (Å²) in [6, 6.07) is 7.13. The first kappa shape index (κ1) is 13.7. The Morgan fingerprint density at radius 1 is 1.47 bits per heavy atom. The van der Waals surface area contributed by atoms with Crippen LogP contribution in [0.3, 0.4) is 0 Å². The minimum absolute atomic E-state index is 0.0304. The molecule has 0 fully saturated rings. The number of thioether (sulfide) groups is 1. The van der Waals surface area contributed by atoms with Crippen molar-refractivity contribution >= 4 is 23.4 Å². The lowest BCUT2D eigenvalue weighted by Gasteiger charge is -2.12. The third-order valence-electron chi connectivity index (χ3n) is 2.07. The normalized spacial score (nSPS) is 11.9. The van der Waals surface area contributed by atoms with Gasteiger partial charge in [0.25, 0.3) is 5.91 Å². The Hall–Kier alpha value is -1.36. The molecule has 0 aromatic heterocycles. The fourth-order valence-corrected chi connectivity index (χ4v) is 1.90. The number of anilines is 1. The Kier molecular flexibility index (Phi) is 5.69. The van der Waals surface area contributed by atoms with Crippen molar-refractivity contribution in [1.82, 2.24) is 5.32 Å². The second kappa shape index (κ2) is 7.06. The maximum Gasteiger partial charge on any atom is 0.258 e. The first-order valence-electron chi connectivity index (χ1n) is 5.38. The van der Waals surface area contributed by atoms with Crippen LogP contribution in [0.2, 0.25) is 0 Å². The van der Waals surface area contributed by atoms with Gasteiger partial charge in [0.05, 0.1) is 0 Å². The van der Waals surface area contributed by atoms with Gasteiger partial charge in [0.15, 0.2) is 6.61 Å². The molecule has 94 valence electrons. The van der Waals surface area contributed by atoms with E-state index in [1.807, 2.05) is 13.2 Å². The molecule has 0 bridgehead atoms. The van der Waals surface area contributed by atoms with Crippen LogP contribution in [0.4, 0.5) is 5.69 Å². The number of amides is 1. The van der Waals surface area contributed by atoms with Crippen LogP contribution in [-0.4, -0.2) is 30.6 Å². The summed E-state index contributed by atoms with van der Waals surface area (Å²) in [4.78, 5) is 11.5. The fraction of sp³-hybridized carbons (Fsp3) is 0.417. The molecule has 0 saturated heterocycles. The van der Waals surface area contributed by atoms with Crippen LogP contribution in [0.25, 0.3) is 0 Å².